The Morgan fingerprint density at radius 2 is 2.23 bits per heavy atom. The van der Waals surface area contributed by atoms with Crippen molar-refractivity contribution in [2.45, 2.75) is 19.8 Å². The first kappa shape index (κ1) is 9.00. The lowest BCUT2D eigenvalue weighted by atomic mass is 9.99. The summed E-state index contributed by atoms with van der Waals surface area (Å²) in [4.78, 5) is 6.92. The van der Waals surface area contributed by atoms with Crippen LogP contribution in [0.3, 0.4) is 0 Å². The zero-order valence-corrected chi connectivity index (χ0v) is 8.42. The average Bonchev–Trinajstić information content (AvgIpc) is 2.62. The predicted octanol–water partition coefficient (Wildman–Crippen LogP) is 0.720. The van der Waals surface area contributed by atoms with E-state index in [1.165, 1.54) is 31.8 Å². The Bertz CT molecular complexity index is 192. The summed E-state index contributed by atoms with van der Waals surface area (Å²) in [6.45, 7) is 7.91. The second-order valence-electron chi connectivity index (χ2n) is 4.21. The molecule has 2 rings (SSSR count). The van der Waals surface area contributed by atoms with E-state index in [9.17, 15) is 0 Å². The topological polar surface area (TPSA) is 27.6 Å². The molecule has 3 nitrogen and oxygen atoms in total. The van der Waals surface area contributed by atoms with Crippen molar-refractivity contribution in [2.75, 3.05) is 32.7 Å². The third-order valence-electron chi connectivity index (χ3n) is 2.99. The molecule has 0 bridgehead atoms. The smallest absolute Gasteiger partial charge is 0.111 e. The van der Waals surface area contributed by atoms with E-state index in [1.54, 1.807) is 0 Å². The van der Waals surface area contributed by atoms with Gasteiger partial charge in [0.1, 0.15) is 5.84 Å². The zero-order chi connectivity index (χ0) is 9.10. The molecule has 0 aromatic rings. The van der Waals surface area contributed by atoms with Crippen LogP contribution in [0.15, 0.2) is 4.99 Å². The molecule has 1 N–H and O–H groups in total. The lowest BCUT2D eigenvalue weighted by Gasteiger charge is -2.29. The summed E-state index contributed by atoms with van der Waals surface area (Å²) in [5.74, 6) is 2.13. The lowest BCUT2D eigenvalue weighted by molar-refractivity contribution is 0.214. The van der Waals surface area contributed by atoms with Gasteiger partial charge in [0.2, 0.25) is 0 Å². The number of piperidine rings is 1. The van der Waals surface area contributed by atoms with Crippen LogP contribution in [0, 0.1) is 5.92 Å². The Morgan fingerprint density at radius 3 is 2.85 bits per heavy atom. The van der Waals surface area contributed by atoms with Gasteiger partial charge in [0.15, 0.2) is 0 Å². The van der Waals surface area contributed by atoms with Crippen LogP contribution in [-0.2, 0) is 0 Å². The molecule has 1 saturated heterocycles. The molecular formula is C10H19N3. The molecule has 2 heterocycles. The maximum Gasteiger partial charge on any atom is 0.111 e. The van der Waals surface area contributed by atoms with Crippen molar-refractivity contribution in [1.29, 1.82) is 0 Å². The molecule has 0 amide bonds. The number of nitrogens with zero attached hydrogens (tertiary/aromatic N) is 2. The Hall–Kier alpha value is -0.570. The molecule has 74 valence electrons. The number of hydrogen-bond acceptors (Lipinski definition) is 3. The van der Waals surface area contributed by atoms with Crippen LogP contribution >= 0.6 is 0 Å². The van der Waals surface area contributed by atoms with Crippen molar-refractivity contribution in [3.8, 4) is 0 Å². The Labute approximate surface area is 80.2 Å². The Balaban J connectivity index is 1.75. The monoisotopic (exact) mass is 181 g/mol. The molecule has 2 aliphatic rings. The summed E-state index contributed by atoms with van der Waals surface area (Å²) < 4.78 is 0. The van der Waals surface area contributed by atoms with Gasteiger partial charge in [0.05, 0.1) is 13.1 Å². The Morgan fingerprint density at radius 1 is 1.46 bits per heavy atom. The van der Waals surface area contributed by atoms with E-state index in [1.807, 2.05) is 0 Å². The van der Waals surface area contributed by atoms with Crippen LogP contribution in [-0.4, -0.2) is 43.5 Å². The van der Waals surface area contributed by atoms with Gasteiger partial charge in [-0.15, -0.1) is 0 Å². The van der Waals surface area contributed by atoms with Gasteiger partial charge in [-0.25, -0.2) is 0 Å². The minimum atomic E-state index is 0.926. The third-order valence-corrected chi connectivity index (χ3v) is 2.99. The average molecular weight is 181 g/mol. The second kappa shape index (κ2) is 4.09. The van der Waals surface area contributed by atoms with Crippen LogP contribution < -0.4 is 5.32 Å². The van der Waals surface area contributed by atoms with E-state index in [4.69, 9.17) is 0 Å². The standard InChI is InChI=1S/C10H19N3/c1-9-2-6-13(7-3-9)8-10-11-4-5-12-10/h9H,2-8H2,1H3,(H,11,12). The highest BCUT2D eigenvalue weighted by Gasteiger charge is 2.17. The fourth-order valence-corrected chi connectivity index (χ4v) is 1.98. The van der Waals surface area contributed by atoms with Crippen molar-refractivity contribution in [2.24, 2.45) is 10.9 Å². The van der Waals surface area contributed by atoms with Gasteiger partial charge in [-0.2, -0.15) is 0 Å². The fraction of sp³-hybridized carbons (Fsp3) is 0.900. The summed E-state index contributed by atoms with van der Waals surface area (Å²) in [5.41, 5.74) is 0. The molecule has 0 unspecified atom stereocenters. The maximum atomic E-state index is 4.41. The van der Waals surface area contributed by atoms with Crippen molar-refractivity contribution in [1.82, 2.24) is 10.2 Å². The van der Waals surface area contributed by atoms with Gasteiger partial charge in [0, 0.05) is 6.54 Å². The van der Waals surface area contributed by atoms with E-state index in [0.29, 0.717) is 0 Å². The van der Waals surface area contributed by atoms with Crippen LogP contribution in [0.25, 0.3) is 0 Å². The van der Waals surface area contributed by atoms with Crippen molar-refractivity contribution in [3.63, 3.8) is 0 Å². The number of nitrogens with one attached hydrogen (secondary N) is 1. The van der Waals surface area contributed by atoms with Gasteiger partial charge in [-0.3, -0.25) is 9.89 Å². The van der Waals surface area contributed by atoms with Crippen molar-refractivity contribution >= 4 is 5.84 Å². The minimum absolute atomic E-state index is 0.926. The second-order valence-corrected chi connectivity index (χ2v) is 4.21. The van der Waals surface area contributed by atoms with Crippen LogP contribution in [0.4, 0.5) is 0 Å². The summed E-state index contributed by atoms with van der Waals surface area (Å²) in [5, 5.41) is 3.32. The van der Waals surface area contributed by atoms with E-state index in [0.717, 1.165) is 25.6 Å². The van der Waals surface area contributed by atoms with E-state index >= 15 is 0 Å². The number of rotatable bonds is 2. The van der Waals surface area contributed by atoms with E-state index in [-0.39, 0.29) is 0 Å². The summed E-state index contributed by atoms with van der Waals surface area (Å²) in [6.07, 6.45) is 2.71. The quantitative estimate of drug-likeness (QED) is 0.680. The third kappa shape index (κ3) is 2.44. The number of amidine groups is 1. The van der Waals surface area contributed by atoms with Crippen LogP contribution in [0.2, 0.25) is 0 Å². The normalized spacial score (nSPS) is 25.8. The van der Waals surface area contributed by atoms with Gasteiger partial charge in [0.25, 0.3) is 0 Å². The molecule has 3 heteroatoms. The van der Waals surface area contributed by atoms with Gasteiger partial charge >= 0.3 is 0 Å². The lowest BCUT2D eigenvalue weighted by Crippen LogP contribution is -2.39. The first-order valence-electron chi connectivity index (χ1n) is 5.34. The van der Waals surface area contributed by atoms with Crippen LogP contribution in [0.5, 0.6) is 0 Å². The van der Waals surface area contributed by atoms with Gasteiger partial charge < -0.3 is 5.32 Å². The molecule has 1 fully saturated rings. The Kier molecular flexibility index (Phi) is 2.83. The molecule has 0 radical (unpaired) electrons. The van der Waals surface area contributed by atoms with Gasteiger partial charge in [-0.05, 0) is 31.8 Å². The van der Waals surface area contributed by atoms with Crippen molar-refractivity contribution in [3.05, 3.63) is 0 Å². The summed E-state index contributed by atoms with van der Waals surface area (Å²) in [7, 11) is 0. The highest BCUT2D eigenvalue weighted by atomic mass is 15.2. The first-order chi connectivity index (χ1) is 6.34. The summed E-state index contributed by atoms with van der Waals surface area (Å²) in [6, 6.07) is 0. The largest absolute Gasteiger partial charge is 0.371 e. The number of likely N-dealkylation sites (tertiary alicyclic amines) is 1. The van der Waals surface area contributed by atoms with Crippen LogP contribution in [0.1, 0.15) is 19.8 Å². The SMILES string of the molecule is CC1CCN(CC2=NCCN2)CC1. The number of aliphatic imine (C=N–C) groups is 1. The fourth-order valence-electron chi connectivity index (χ4n) is 1.98. The maximum absolute atomic E-state index is 4.41. The molecule has 0 atom stereocenters. The number of hydrogen-bond donors (Lipinski definition) is 1. The molecule has 2 aliphatic heterocycles. The highest BCUT2D eigenvalue weighted by molar-refractivity contribution is 5.85. The predicted molar refractivity (Wildman–Crippen MR) is 55.1 cm³/mol. The summed E-state index contributed by atoms with van der Waals surface area (Å²) >= 11 is 0. The molecule has 0 spiro atoms. The minimum Gasteiger partial charge on any atom is -0.371 e. The zero-order valence-electron chi connectivity index (χ0n) is 8.42. The first-order valence-corrected chi connectivity index (χ1v) is 5.34. The molecule has 0 aliphatic carbocycles. The highest BCUT2D eigenvalue weighted by Crippen LogP contribution is 2.15. The van der Waals surface area contributed by atoms with Crippen molar-refractivity contribution < 1.29 is 0 Å². The molecule has 0 aromatic carbocycles. The molecule has 0 saturated carbocycles. The van der Waals surface area contributed by atoms with Gasteiger partial charge in [-0.1, -0.05) is 6.92 Å². The van der Waals surface area contributed by atoms with E-state index < -0.39 is 0 Å². The molecule has 13 heavy (non-hydrogen) atoms. The molecular weight excluding hydrogens is 162 g/mol. The van der Waals surface area contributed by atoms with E-state index in [2.05, 4.69) is 22.1 Å². The molecule has 0 aromatic heterocycles.